The van der Waals surface area contributed by atoms with Crippen LogP contribution < -0.4 is 10.6 Å². The van der Waals surface area contributed by atoms with Gasteiger partial charge < -0.3 is 25.4 Å². The van der Waals surface area contributed by atoms with Gasteiger partial charge in [0, 0.05) is 25.6 Å². The summed E-state index contributed by atoms with van der Waals surface area (Å²) in [5.41, 5.74) is 5.49. The number of nitrogens with zero attached hydrogens (tertiary/aromatic N) is 1. The van der Waals surface area contributed by atoms with Crippen LogP contribution in [0.3, 0.4) is 0 Å². The molecule has 0 aromatic heterocycles. The smallest absolute Gasteiger partial charge is 0.407 e. The zero-order chi connectivity index (χ0) is 26.2. The van der Waals surface area contributed by atoms with Gasteiger partial charge in [0.15, 0.2) is 0 Å². The van der Waals surface area contributed by atoms with Crippen LogP contribution in [0.2, 0.25) is 0 Å². The predicted octanol–water partition coefficient (Wildman–Crippen LogP) is 3.62. The standard InChI is InChI=1S/C29H31N3O5/c1-32(18-20-9-3-2-4-10-20)16-15-30-28(35)26(17-27(33)34)31-29(36)37-19-25-23-13-7-5-11-21(23)22-12-6-8-14-24(22)25/h2-14,25-26H,15-19H2,1H3,(H,30,35)(H,31,36)(H,33,34). The van der Waals surface area contributed by atoms with Crippen molar-refractivity contribution in [3.05, 3.63) is 95.6 Å². The molecule has 8 heteroatoms. The number of ether oxygens (including phenoxy) is 1. The Balaban J connectivity index is 1.30. The summed E-state index contributed by atoms with van der Waals surface area (Å²) in [5, 5.41) is 14.4. The molecule has 2 amide bonds. The zero-order valence-electron chi connectivity index (χ0n) is 20.7. The van der Waals surface area contributed by atoms with Gasteiger partial charge in [-0.15, -0.1) is 0 Å². The van der Waals surface area contributed by atoms with Crippen LogP contribution in [0, 0.1) is 0 Å². The van der Waals surface area contributed by atoms with Gasteiger partial charge in [-0.05, 0) is 34.9 Å². The molecule has 0 fully saturated rings. The van der Waals surface area contributed by atoms with E-state index in [1.807, 2.05) is 90.8 Å². The first kappa shape index (κ1) is 25.9. The average molecular weight is 502 g/mol. The van der Waals surface area contributed by atoms with Crippen LogP contribution in [-0.2, 0) is 20.9 Å². The maximum absolute atomic E-state index is 12.7. The molecule has 0 aliphatic heterocycles. The Labute approximate surface area is 216 Å². The van der Waals surface area contributed by atoms with Crippen LogP contribution >= 0.6 is 0 Å². The van der Waals surface area contributed by atoms with Gasteiger partial charge in [-0.1, -0.05) is 78.9 Å². The number of hydrogen-bond acceptors (Lipinski definition) is 5. The lowest BCUT2D eigenvalue weighted by atomic mass is 9.98. The Morgan fingerprint density at radius 3 is 2.14 bits per heavy atom. The lowest BCUT2D eigenvalue weighted by Crippen LogP contribution is -2.49. The molecule has 3 aromatic rings. The summed E-state index contributed by atoms with van der Waals surface area (Å²) in [5.74, 6) is -1.89. The van der Waals surface area contributed by atoms with Crippen LogP contribution in [0.4, 0.5) is 4.79 Å². The topological polar surface area (TPSA) is 108 Å². The third-order valence-electron chi connectivity index (χ3n) is 6.42. The molecule has 8 nitrogen and oxygen atoms in total. The maximum Gasteiger partial charge on any atom is 0.407 e. The minimum Gasteiger partial charge on any atom is -0.481 e. The van der Waals surface area contributed by atoms with E-state index in [0.29, 0.717) is 19.6 Å². The third-order valence-corrected chi connectivity index (χ3v) is 6.42. The second kappa shape index (κ2) is 12.2. The summed E-state index contributed by atoms with van der Waals surface area (Å²) >= 11 is 0. The molecule has 3 aromatic carbocycles. The third kappa shape index (κ3) is 6.74. The number of alkyl carbamates (subject to hydrolysis) is 1. The fraction of sp³-hybridized carbons (Fsp3) is 0.276. The highest BCUT2D eigenvalue weighted by Crippen LogP contribution is 2.44. The van der Waals surface area contributed by atoms with E-state index in [4.69, 9.17) is 4.74 Å². The zero-order valence-corrected chi connectivity index (χ0v) is 20.7. The number of carbonyl (C=O) groups is 3. The number of aliphatic carboxylic acids is 1. The SMILES string of the molecule is CN(CCNC(=O)C(CC(=O)O)NC(=O)OCC1c2ccccc2-c2ccccc21)Cc1ccccc1. The largest absolute Gasteiger partial charge is 0.481 e. The second-order valence-corrected chi connectivity index (χ2v) is 9.13. The van der Waals surface area contributed by atoms with Crippen LogP contribution in [0.25, 0.3) is 11.1 Å². The van der Waals surface area contributed by atoms with E-state index in [2.05, 4.69) is 10.6 Å². The van der Waals surface area contributed by atoms with Crippen molar-refractivity contribution in [2.45, 2.75) is 24.9 Å². The predicted molar refractivity (Wildman–Crippen MR) is 140 cm³/mol. The Kier molecular flexibility index (Phi) is 8.53. The van der Waals surface area contributed by atoms with Crippen molar-refractivity contribution >= 4 is 18.0 Å². The highest BCUT2D eigenvalue weighted by Gasteiger charge is 2.30. The van der Waals surface area contributed by atoms with Gasteiger partial charge >= 0.3 is 12.1 Å². The minimum atomic E-state index is -1.24. The molecule has 0 heterocycles. The number of carboxylic acids is 1. The number of benzene rings is 3. The van der Waals surface area contributed by atoms with Gasteiger partial charge in [0.2, 0.25) is 5.91 Å². The number of nitrogens with one attached hydrogen (secondary N) is 2. The van der Waals surface area contributed by atoms with Crippen molar-refractivity contribution in [1.82, 2.24) is 15.5 Å². The number of amides is 2. The number of carboxylic acid groups (broad SMARTS) is 1. The summed E-state index contributed by atoms with van der Waals surface area (Å²) in [7, 11) is 1.93. The summed E-state index contributed by atoms with van der Waals surface area (Å²) < 4.78 is 5.48. The Hall–Kier alpha value is -4.17. The van der Waals surface area contributed by atoms with Crippen molar-refractivity contribution in [2.75, 3.05) is 26.7 Å². The minimum absolute atomic E-state index is 0.0750. The van der Waals surface area contributed by atoms with Crippen LogP contribution in [0.1, 0.15) is 29.0 Å². The Morgan fingerprint density at radius 2 is 1.51 bits per heavy atom. The Bertz CT molecular complexity index is 1200. The monoisotopic (exact) mass is 501 g/mol. The highest BCUT2D eigenvalue weighted by atomic mass is 16.5. The molecule has 0 saturated heterocycles. The average Bonchev–Trinajstić information content (AvgIpc) is 3.21. The van der Waals surface area contributed by atoms with Crippen molar-refractivity contribution in [2.24, 2.45) is 0 Å². The number of rotatable bonds is 11. The van der Waals surface area contributed by atoms with Crippen molar-refractivity contribution in [3.8, 4) is 11.1 Å². The highest BCUT2D eigenvalue weighted by molar-refractivity contribution is 5.89. The van der Waals surface area contributed by atoms with Gasteiger partial charge in [0.25, 0.3) is 0 Å². The Morgan fingerprint density at radius 1 is 0.919 bits per heavy atom. The van der Waals surface area contributed by atoms with E-state index in [1.54, 1.807) is 0 Å². The van der Waals surface area contributed by atoms with Gasteiger partial charge in [0.1, 0.15) is 12.6 Å². The first-order chi connectivity index (χ1) is 17.9. The molecule has 1 aliphatic carbocycles. The first-order valence-electron chi connectivity index (χ1n) is 12.3. The van der Waals surface area contributed by atoms with Gasteiger partial charge in [-0.3, -0.25) is 9.59 Å². The molecular formula is C29H31N3O5. The van der Waals surface area contributed by atoms with Crippen LogP contribution in [0.15, 0.2) is 78.9 Å². The van der Waals surface area contributed by atoms with Crippen LogP contribution in [0.5, 0.6) is 0 Å². The molecule has 1 atom stereocenters. The number of likely N-dealkylation sites (N-methyl/N-ethyl adjacent to an activating group) is 1. The van der Waals surface area contributed by atoms with E-state index >= 15 is 0 Å². The van der Waals surface area contributed by atoms with Crippen molar-refractivity contribution in [3.63, 3.8) is 0 Å². The van der Waals surface area contributed by atoms with E-state index < -0.39 is 30.4 Å². The molecule has 37 heavy (non-hydrogen) atoms. The first-order valence-corrected chi connectivity index (χ1v) is 12.3. The molecule has 1 unspecified atom stereocenters. The lowest BCUT2D eigenvalue weighted by molar-refractivity contribution is -0.139. The maximum atomic E-state index is 12.7. The van der Waals surface area contributed by atoms with Gasteiger partial charge in [-0.2, -0.15) is 0 Å². The fourth-order valence-corrected chi connectivity index (χ4v) is 4.63. The van der Waals surface area contributed by atoms with Crippen molar-refractivity contribution < 1.29 is 24.2 Å². The summed E-state index contributed by atoms with van der Waals surface area (Å²) in [6.07, 6.45) is -1.37. The van der Waals surface area contributed by atoms with Gasteiger partial charge in [0.05, 0.1) is 6.42 Å². The normalized spacial score (nSPS) is 12.9. The quantitative estimate of drug-likeness (QED) is 0.371. The molecule has 0 saturated carbocycles. The van der Waals surface area contributed by atoms with E-state index in [0.717, 1.165) is 27.8 Å². The van der Waals surface area contributed by atoms with E-state index in [9.17, 15) is 19.5 Å². The van der Waals surface area contributed by atoms with E-state index in [1.165, 1.54) is 0 Å². The summed E-state index contributed by atoms with van der Waals surface area (Å²) in [6, 6.07) is 24.6. The molecule has 192 valence electrons. The molecule has 3 N–H and O–H groups in total. The summed E-state index contributed by atoms with van der Waals surface area (Å²) in [4.78, 5) is 38.7. The summed E-state index contributed by atoms with van der Waals surface area (Å²) in [6.45, 7) is 1.66. The van der Waals surface area contributed by atoms with Crippen LogP contribution in [-0.4, -0.2) is 60.8 Å². The number of fused-ring (bicyclic) bond motifs is 3. The lowest BCUT2D eigenvalue weighted by Gasteiger charge is -2.20. The molecule has 0 bridgehead atoms. The molecule has 0 spiro atoms. The van der Waals surface area contributed by atoms with Gasteiger partial charge in [-0.25, -0.2) is 4.79 Å². The molecule has 0 radical (unpaired) electrons. The molecule has 4 rings (SSSR count). The molecule has 1 aliphatic rings. The fourth-order valence-electron chi connectivity index (χ4n) is 4.63. The number of hydrogen-bond donors (Lipinski definition) is 3. The molecular weight excluding hydrogens is 470 g/mol. The van der Waals surface area contributed by atoms with Crippen molar-refractivity contribution in [1.29, 1.82) is 0 Å². The second-order valence-electron chi connectivity index (χ2n) is 9.13. The number of carbonyl (C=O) groups excluding carboxylic acids is 2. The van der Waals surface area contributed by atoms with E-state index in [-0.39, 0.29) is 12.5 Å².